The molecule has 0 radical (unpaired) electrons. The number of fused-ring (bicyclic) bond motifs is 1. The van der Waals surface area contributed by atoms with Crippen molar-refractivity contribution in [3.63, 3.8) is 0 Å². The molecule has 0 aliphatic carbocycles. The number of hydrogen-bond acceptors (Lipinski definition) is 3. The van der Waals surface area contributed by atoms with Gasteiger partial charge in [0.15, 0.2) is 0 Å². The second-order valence-corrected chi connectivity index (χ2v) is 6.55. The lowest BCUT2D eigenvalue weighted by molar-refractivity contribution is 0.113. The molecule has 2 heterocycles. The van der Waals surface area contributed by atoms with Crippen molar-refractivity contribution in [2.24, 2.45) is 5.92 Å². The second-order valence-electron chi connectivity index (χ2n) is 6.55. The molecule has 22 heavy (non-hydrogen) atoms. The quantitative estimate of drug-likeness (QED) is 0.922. The molecule has 4 heteroatoms. The van der Waals surface area contributed by atoms with Gasteiger partial charge in [-0.15, -0.1) is 0 Å². The number of nitrogens with zero attached hydrogens (tertiary/aromatic N) is 3. The first-order valence-electron chi connectivity index (χ1n) is 8.05. The molecule has 0 bridgehead atoms. The number of imidazole rings is 1. The van der Waals surface area contributed by atoms with Gasteiger partial charge in [-0.3, -0.25) is 0 Å². The minimum atomic E-state index is -0.419. The van der Waals surface area contributed by atoms with Crippen LogP contribution in [0.2, 0.25) is 0 Å². The average molecular weight is 299 g/mol. The molecule has 1 aliphatic rings. The van der Waals surface area contributed by atoms with Crippen molar-refractivity contribution in [3.05, 3.63) is 53.6 Å². The lowest BCUT2D eigenvalue weighted by Crippen LogP contribution is -2.33. The molecule has 2 unspecified atom stereocenters. The van der Waals surface area contributed by atoms with E-state index in [1.807, 2.05) is 18.3 Å². The van der Waals surface area contributed by atoms with Crippen LogP contribution in [-0.4, -0.2) is 39.7 Å². The molecule has 1 aromatic carbocycles. The van der Waals surface area contributed by atoms with Crippen LogP contribution >= 0.6 is 0 Å². The number of hydrogen-bond donors (Lipinski definition) is 1. The minimum absolute atomic E-state index is 0.419. The largest absolute Gasteiger partial charge is 0.387 e. The lowest BCUT2D eigenvalue weighted by Gasteiger charge is -2.29. The van der Waals surface area contributed by atoms with E-state index in [1.165, 1.54) is 17.8 Å². The number of aliphatic hydroxyl groups excluding tert-OH is 1. The Morgan fingerprint density at radius 3 is 2.91 bits per heavy atom. The molecular weight excluding hydrogens is 274 g/mol. The van der Waals surface area contributed by atoms with Crippen LogP contribution in [-0.2, 0) is 13.0 Å². The number of aliphatic hydroxyl groups is 1. The first-order chi connectivity index (χ1) is 10.6. The first-order valence-corrected chi connectivity index (χ1v) is 8.05. The summed E-state index contributed by atoms with van der Waals surface area (Å²) in [6.45, 7) is 4.80. The summed E-state index contributed by atoms with van der Waals surface area (Å²) in [5.41, 5.74) is 2.22. The van der Waals surface area contributed by atoms with E-state index in [0.717, 1.165) is 25.1 Å². The van der Waals surface area contributed by atoms with E-state index in [0.29, 0.717) is 12.5 Å². The zero-order chi connectivity index (χ0) is 15.5. The average Bonchev–Trinajstić information content (AvgIpc) is 2.95. The highest BCUT2D eigenvalue weighted by Gasteiger charge is 2.21. The van der Waals surface area contributed by atoms with Gasteiger partial charge in [-0.25, -0.2) is 4.98 Å². The van der Waals surface area contributed by atoms with Crippen LogP contribution in [0.3, 0.4) is 0 Å². The van der Waals surface area contributed by atoms with Crippen LogP contribution in [0.25, 0.3) is 0 Å². The monoisotopic (exact) mass is 299 g/mol. The normalized spacial score (nSPS) is 19.2. The molecule has 0 saturated heterocycles. The topological polar surface area (TPSA) is 41.3 Å². The van der Waals surface area contributed by atoms with E-state index in [2.05, 4.69) is 46.8 Å². The fraction of sp³-hybridized carbons (Fsp3) is 0.500. The molecule has 1 N–H and O–H groups in total. The predicted octanol–water partition coefficient (Wildman–Crippen LogP) is 2.42. The Kier molecular flexibility index (Phi) is 4.60. The third-order valence-corrected chi connectivity index (χ3v) is 4.55. The van der Waals surface area contributed by atoms with Crippen molar-refractivity contribution >= 4 is 0 Å². The highest BCUT2D eigenvalue weighted by Crippen LogP contribution is 2.21. The van der Waals surface area contributed by atoms with Gasteiger partial charge in [-0.1, -0.05) is 29.8 Å². The van der Waals surface area contributed by atoms with Gasteiger partial charge in [-0.2, -0.15) is 0 Å². The number of benzene rings is 1. The fourth-order valence-electron chi connectivity index (χ4n) is 3.29. The van der Waals surface area contributed by atoms with Crippen molar-refractivity contribution < 1.29 is 5.11 Å². The zero-order valence-electron chi connectivity index (χ0n) is 13.4. The molecule has 1 aromatic heterocycles. The van der Waals surface area contributed by atoms with Crippen LogP contribution in [0.5, 0.6) is 0 Å². The number of aromatic nitrogens is 2. The van der Waals surface area contributed by atoms with E-state index in [9.17, 15) is 5.11 Å². The van der Waals surface area contributed by atoms with Crippen molar-refractivity contribution in [1.29, 1.82) is 0 Å². The van der Waals surface area contributed by atoms with Crippen LogP contribution in [0, 0.1) is 12.8 Å². The Bertz CT molecular complexity index is 605. The van der Waals surface area contributed by atoms with Crippen molar-refractivity contribution in [2.75, 3.05) is 20.1 Å². The molecule has 0 fully saturated rings. The Morgan fingerprint density at radius 2 is 2.14 bits per heavy atom. The van der Waals surface area contributed by atoms with Gasteiger partial charge in [0, 0.05) is 38.4 Å². The molecule has 0 spiro atoms. The maximum absolute atomic E-state index is 10.4. The molecule has 118 valence electrons. The predicted molar refractivity (Wildman–Crippen MR) is 87.7 cm³/mol. The summed E-state index contributed by atoms with van der Waals surface area (Å²) < 4.78 is 2.26. The Labute approximate surface area is 132 Å². The van der Waals surface area contributed by atoms with Crippen molar-refractivity contribution in [1.82, 2.24) is 14.5 Å². The number of rotatable bonds is 5. The van der Waals surface area contributed by atoms with Gasteiger partial charge in [0.2, 0.25) is 0 Å². The maximum atomic E-state index is 10.4. The lowest BCUT2D eigenvalue weighted by atomic mass is 9.98. The zero-order valence-corrected chi connectivity index (χ0v) is 13.4. The highest BCUT2D eigenvalue weighted by molar-refractivity contribution is 5.23. The van der Waals surface area contributed by atoms with Gasteiger partial charge < -0.3 is 14.6 Å². The number of aryl methyl sites for hydroxylation is 2. The van der Waals surface area contributed by atoms with Crippen LogP contribution in [0.15, 0.2) is 36.7 Å². The molecule has 1 aliphatic heterocycles. The van der Waals surface area contributed by atoms with E-state index >= 15 is 0 Å². The summed E-state index contributed by atoms with van der Waals surface area (Å²) in [5.74, 6) is 1.84. The summed E-state index contributed by atoms with van der Waals surface area (Å²) in [6.07, 6.45) is 5.79. The Balaban J connectivity index is 1.52. The van der Waals surface area contributed by atoms with Gasteiger partial charge in [0.25, 0.3) is 0 Å². The van der Waals surface area contributed by atoms with Gasteiger partial charge in [-0.05, 0) is 31.9 Å². The summed E-state index contributed by atoms with van der Waals surface area (Å²) in [5, 5.41) is 10.4. The Morgan fingerprint density at radius 1 is 1.36 bits per heavy atom. The molecular formula is C18H25N3O. The number of likely N-dealkylation sites (N-methyl/N-ethyl adjacent to an activating group) is 1. The van der Waals surface area contributed by atoms with Gasteiger partial charge >= 0.3 is 0 Å². The van der Waals surface area contributed by atoms with E-state index in [1.54, 1.807) is 0 Å². The van der Waals surface area contributed by atoms with Crippen LogP contribution in [0.1, 0.15) is 29.5 Å². The van der Waals surface area contributed by atoms with Gasteiger partial charge in [0.1, 0.15) is 5.82 Å². The first kappa shape index (κ1) is 15.3. The maximum Gasteiger partial charge on any atom is 0.108 e. The molecule has 4 nitrogen and oxygen atoms in total. The minimum Gasteiger partial charge on any atom is -0.387 e. The van der Waals surface area contributed by atoms with Crippen LogP contribution < -0.4 is 0 Å². The smallest absolute Gasteiger partial charge is 0.108 e. The molecule has 3 rings (SSSR count). The fourth-order valence-corrected chi connectivity index (χ4v) is 3.29. The molecule has 2 aromatic rings. The third-order valence-electron chi connectivity index (χ3n) is 4.55. The van der Waals surface area contributed by atoms with Crippen LogP contribution in [0.4, 0.5) is 0 Å². The summed E-state index contributed by atoms with van der Waals surface area (Å²) in [4.78, 5) is 6.62. The standard InChI is InChI=1S/C18H25N3O/c1-14-3-6-16(7-4-14)17(22)13-20(2)11-15-5-8-18-19-9-10-21(18)12-15/h3-4,6-7,9-10,15,17,22H,5,8,11-13H2,1-2H3. The second kappa shape index (κ2) is 6.63. The molecule has 0 amide bonds. The van der Waals surface area contributed by atoms with E-state index in [-0.39, 0.29) is 0 Å². The summed E-state index contributed by atoms with van der Waals surface area (Å²) in [6, 6.07) is 8.15. The molecule has 0 saturated carbocycles. The SMILES string of the molecule is Cc1ccc(C(O)CN(C)CC2CCc3nccn3C2)cc1. The summed E-state index contributed by atoms with van der Waals surface area (Å²) in [7, 11) is 2.10. The van der Waals surface area contributed by atoms with Gasteiger partial charge in [0.05, 0.1) is 6.10 Å². The van der Waals surface area contributed by atoms with E-state index in [4.69, 9.17) is 0 Å². The highest BCUT2D eigenvalue weighted by atomic mass is 16.3. The summed E-state index contributed by atoms with van der Waals surface area (Å²) >= 11 is 0. The van der Waals surface area contributed by atoms with Crippen molar-refractivity contribution in [2.45, 2.75) is 32.4 Å². The molecule has 2 atom stereocenters. The van der Waals surface area contributed by atoms with E-state index < -0.39 is 6.10 Å². The third kappa shape index (κ3) is 3.57. The van der Waals surface area contributed by atoms with Crippen molar-refractivity contribution in [3.8, 4) is 0 Å². The Hall–Kier alpha value is -1.65.